The molecule has 0 aromatic heterocycles. The molecule has 0 saturated carbocycles. The molecule has 0 unspecified atom stereocenters. The molecule has 0 aliphatic carbocycles. The Balaban J connectivity index is 4.03. The number of carbonyl (C=O) groups excluding carboxylic acids is 1. The first kappa shape index (κ1) is 12.0. The van der Waals surface area contributed by atoms with Crippen LogP contribution in [-0.4, -0.2) is 32.9 Å². The van der Waals surface area contributed by atoms with Gasteiger partial charge < -0.3 is 15.4 Å². The van der Waals surface area contributed by atoms with Gasteiger partial charge in [0.05, 0.1) is 6.42 Å². The van der Waals surface area contributed by atoms with Crippen LogP contribution in [-0.2, 0) is 18.7 Å². The molecular formula is C4H8NO7P. The first-order valence-electron chi connectivity index (χ1n) is 2.98. The molecule has 0 heterocycles. The average Bonchev–Trinajstić information content (AvgIpc) is 1.81. The van der Waals surface area contributed by atoms with Crippen LogP contribution in [0.2, 0.25) is 0 Å². The Morgan fingerprint density at radius 1 is 1.46 bits per heavy atom. The van der Waals surface area contributed by atoms with Crippen molar-refractivity contribution in [3.8, 4) is 0 Å². The zero-order valence-corrected chi connectivity index (χ0v) is 7.18. The molecule has 76 valence electrons. The van der Waals surface area contributed by atoms with Crippen molar-refractivity contribution in [2.45, 2.75) is 12.5 Å². The Morgan fingerprint density at radius 2 is 1.92 bits per heavy atom. The lowest BCUT2D eigenvalue weighted by atomic mass is 10.2. The van der Waals surface area contributed by atoms with Gasteiger partial charge >= 0.3 is 19.8 Å². The summed E-state index contributed by atoms with van der Waals surface area (Å²) in [5.41, 5.74) is 4.88. The van der Waals surface area contributed by atoms with E-state index in [0.29, 0.717) is 0 Å². The molecule has 0 spiro atoms. The SMILES string of the molecule is N[C@@H](CC(=O)OP(=O)(O)O)C(=O)O. The fraction of sp³-hybridized carbons (Fsp3) is 0.500. The van der Waals surface area contributed by atoms with E-state index in [1.54, 1.807) is 0 Å². The van der Waals surface area contributed by atoms with Crippen LogP contribution in [0.1, 0.15) is 6.42 Å². The Morgan fingerprint density at radius 3 is 2.23 bits per heavy atom. The second kappa shape index (κ2) is 4.33. The number of hydrogen-bond acceptors (Lipinski definition) is 5. The third-order valence-electron chi connectivity index (χ3n) is 0.925. The summed E-state index contributed by atoms with van der Waals surface area (Å²) in [6.45, 7) is 0. The van der Waals surface area contributed by atoms with Gasteiger partial charge in [-0.1, -0.05) is 0 Å². The maximum absolute atomic E-state index is 10.5. The highest BCUT2D eigenvalue weighted by molar-refractivity contribution is 7.46. The van der Waals surface area contributed by atoms with E-state index in [2.05, 4.69) is 4.52 Å². The molecule has 0 rings (SSSR count). The third-order valence-corrected chi connectivity index (χ3v) is 1.37. The molecule has 0 saturated heterocycles. The molecule has 8 nitrogen and oxygen atoms in total. The molecular weight excluding hydrogens is 205 g/mol. The monoisotopic (exact) mass is 213 g/mol. The van der Waals surface area contributed by atoms with Gasteiger partial charge in [0, 0.05) is 0 Å². The lowest BCUT2D eigenvalue weighted by Crippen LogP contribution is -2.32. The van der Waals surface area contributed by atoms with Crippen molar-refractivity contribution in [3.05, 3.63) is 0 Å². The predicted molar refractivity (Wildman–Crippen MR) is 38.4 cm³/mol. The summed E-state index contributed by atoms with van der Waals surface area (Å²) >= 11 is 0. The smallest absolute Gasteiger partial charge is 0.480 e. The number of carboxylic acid groups (broad SMARTS) is 1. The van der Waals surface area contributed by atoms with Gasteiger partial charge in [0.2, 0.25) is 0 Å². The van der Waals surface area contributed by atoms with Gasteiger partial charge in [-0.2, -0.15) is 0 Å². The van der Waals surface area contributed by atoms with Gasteiger partial charge in [-0.15, -0.1) is 0 Å². The molecule has 0 bridgehead atoms. The van der Waals surface area contributed by atoms with Crippen molar-refractivity contribution in [2.24, 2.45) is 5.73 Å². The number of carboxylic acids is 1. The zero-order valence-electron chi connectivity index (χ0n) is 6.28. The summed E-state index contributed by atoms with van der Waals surface area (Å²) in [5.74, 6) is -2.81. The minimum Gasteiger partial charge on any atom is -0.480 e. The normalized spacial score (nSPS) is 13.5. The van der Waals surface area contributed by atoms with Gasteiger partial charge in [-0.3, -0.25) is 19.4 Å². The van der Waals surface area contributed by atoms with Crippen molar-refractivity contribution >= 4 is 19.8 Å². The van der Waals surface area contributed by atoms with E-state index in [-0.39, 0.29) is 0 Å². The lowest BCUT2D eigenvalue weighted by molar-refractivity contribution is -0.144. The van der Waals surface area contributed by atoms with Crippen molar-refractivity contribution in [3.63, 3.8) is 0 Å². The van der Waals surface area contributed by atoms with Crippen molar-refractivity contribution < 1.29 is 33.6 Å². The summed E-state index contributed by atoms with van der Waals surface area (Å²) in [6, 6.07) is -1.53. The standard InChI is InChI=1S/C4H8NO7P/c5-2(4(7)8)1-3(6)12-13(9,10)11/h2H,1,5H2,(H,7,8)(H2,9,10,11)/t2-/m0/s1. The average molecular weight is 213 g/mol. The second-order valence-corrected chi connectivity index (χ2v) is 3.27. The van der Waals surface area contributed by atoms with E-state index in [4.69, 9.17) is 20.6 Å². The van der Waals surface area contributed by atoms with E-state index in [9.17, 15) is 14.2 Å². The van der Waals surface area contributed by atoms with Crippen LogP contribution < -0.4 is 5.73 Å². The van der Waals surface area contributed by atoms with Crippen LogP contribution in [0.25, 0.3) is 0 Å². The molecule has 9 heteroatoms. The minimum atomic E-state index is -4.91. The number of carbonyl (C=O) groups is 2. The first-order chi connectivity index (χ1) is 5.72. The maximum Gasteiger partial charge on any atom is 0.526 e. The summed E-state index contributed by atoms with van der Waals surface area (Å²) in [6.07, 6.45) is -0.791. The zero-order chi connectivity index (χ0) is 10.6. The number of rotatable bonds is 4. The molecule has 1 atom stereocenters. The molecule has 0 aromatic carbocycles. The summed E-state index contributed by atoms with van der Waals surface area (Å²) in [4.78, 5) is 36.8. The third kappa shape index (κ3) is 6.23. The van der Waals surface area contributed by atoms with Crippen LogP contribution in [0.5, 0.6) is 0 Å². The highest BCUT2D eigenvalue weighted by Crippen LogP contribution is 2.36. The van der Waals surface area contributed by atoms with Crippen molar-refractivity contribution in [1.82, 2.24) is 0 Å². The fourth-order valence-electron chi connectivity index (χ4n) is 0.437. The van der Waals surface area contributed by atoms with Gasteiger partial charge in [-0.05, 0) is 0 Å². The molecule has 13 heavy (non-hydrogen) atoms. The highest BCUT2D eigenvalue weighted by atomic mass is 31.2. The molecule has 0 amide bonds. The summed E-state index contributed by atoms with van der Waals surface area (Å²) in [7, 11) is -4.91. The second-order valence-electron chi connectivity index (χ2n) is 2.10. The Bertz CT molecular complexity index is 257. The van der Waals surface area contributed by atoms with Gasteiger partial charge in [0.25, 0.3) is 0 Å². The largest absolute Gasteiger partial charge is 0.526 e. The molecule has 0 radical (unpaired) electrons. The van der Waals surface area contributed by atoms with Crippen LogP contribution in [0.4, 0.5) is 0 Å². The predicted octanol–water partition coefficient (Wildman–Crippen LogP) is -1.58. The summed E-state index contributed by atoms with van der Waals surface area (Å²) < 4.78 is 13.6. The van der Waals surface area contributed by atoms with Crippen LogP contribution >= 0.6 is 7.82 Å². The Hall–Kier alpha value is -0.950. The van der Waals surface area contributed by atoms with E-state index >= 15 is 0 Å². The van der Waals surface area contributed by atoms with Crippen LogP contribution in [0, 0.1) is 0 Å². The molecule has 0 aromatic rings. The molecule has 0 aliphatic rings. The Kier molecular flexibility index (Phi) is 4.02. The number of nitrogens with two attached hydrogens (primary N) is 1. The van der Waals surface area contributed by atoms with Gasteiger partial charge in [0.1, 0.15) is 6.04 Å². The minimum absolute atomic E-state index is 0.791. The van der Waals surface area contributed by atoms with Gasteiger partial charge in [0.15, 0.2) is 0 Å². The van der Waals surface area contributed by atoms with E-state index < -0.39 is 32.2 Å². The topological polar surface area (TPSA) is 147 Å². The van der Waals surface area contributed by atoms with Gasteiger partial charge in [-0.25, -0.2) is 4.57 Å². The van der Waals surface area contributed by atoms with E-state index in [0.717, 1.165) is 0 Å². The van der Waals surface area contributed by atoms with Crippen molar-refractivity contribution in [2.75, 3.05) is 0 Å². The Labute approximate surface area is 72.5 Å². The highest BCUT2D eigenvalue weighted by Gasteiger charge is 2.24. The fourth-order valence-corrected chi connectivity index (χ4v) is 0.777. The maximum atomic E-state index is 10.5. The van der Waals surface area contributed by atoms with Crippen LogP contribution in [0.3, 0.4) is 0 Å². The van der Waals surface area contributed by atoms with E-state index in [1.165, 1.54) is 0 Å². The molecule has 0 aliphatic heterocycles. The van der Waals surface area contributed by atoms with Crippen LogP contribution in [0.15, 0.2) is 0 Å². The number of hydrogen-bond donors (Lipinski definition) is 4. The number of aliphatic carboxylic acids is 1. The van der Waals surface area contributed by atoms with E-state index in [1.807, 2.05) is 0 Å². The lowest BCUT2D eigenvalue weighted by Gasteiger charge is -2.06. The van der Waals surface area contributed by atoms with Crippen molar-refractivity contribution in [1.29, 1.82) is 0 Å². The summed E-state index contributed by atoms with van der Waals surface area (Å²) in [5, 5.41) is 8.20. The quantitative estimate of drug-likeness (QED) is 0.409. The number of phosphoric ester groups is 1. The molecule has 0 fully saturated rings. The first-order valence-corrected chi connectivity index (χ1v) is 4.52. The molecule has 5 N–H and O–H groups in total. The number of phosphoric acid groups is 1.